The van der Waals surface area contributed by atoms with Crippen LogP contribution in [-0.2, 0) is 47.9 Å². The minimum atomic E-state index is -1.75. The molecule has 0 bridgehead atoms. The van der Waals surface area contributed by atoms with Crippen LogP contribution in [0.3, 0.4) is 0 Å². The molecule has 22 nitrogen and oxygen atoms in total. The number of hydrogen-bond acceptors (Lipinski definition) is 12. The first kappa shape index (κ1) is 58.6. The predicted octanol–water partition coefficient (Wildman–Crippen LogP) is -0.647. The van der Waals surface area contributed by atoms with Crippen molar-refractivity contribution < 1.29 is 68.4 Å². The molecule has 22 heteroatoms. The van der Waals surface area contributed by atoms with Crippen molar-refractivity contribution in [1.82, 2.24) is 37.2 Å². The molecular formula is C42H74N8O14. The Morgan fingerprint density at radius 3 is 0.922 bits per heavy atom. The van der Waals surface area contributed by atoms with Crippen LogP contribution in [0.5, 0.6) is 0 Å². The molecule has 0 saturated heterocycles. The number of nitrogens with one attached hydrogen (secondary N) is 7. The van der Waals surface area contributed by atoms with E-state index in [0.29, 0.717) is 0 Å². The summed E-state index contributed by atoms with van der Waals surface area (Å²) in [6.45, 7) is 18.7. The molecule has 0 aliphatic rings. The average Bonchev–Trinajstić information content (AvgIpc) is 3.13. The Bertz CT molecular complexity index is 1620. The van der Waals surface area contributed by atoms with Crippen molar-refractivity contribution in [3.05, 3.63) is 0 Å². The van der Waals surface area contributed by atoms with E-state index in [4.69, 9.17) is 10.8 Å². The number of hydrogen-bond donors (Lipinski definition) is 12. The monoisotopic (exact) mass is 915 g/mol. The Morgan fingerprint density at radius 2 is 0.641 bits per heavy atom. The zero-order valence-electron chi connectivity index (χ0n) is 39.0. The summed E-state index contributed by atoms with van der Waals surface area (Å²) in [4.78, 5) is 129. The molecule has 0 saturated carbocycles. The molecule has 13 N–H and O–H groups in total. The summed E-state index contributed by atoms with van der Waals surface area (Å²) < 4.78 is 0. The van der Waals surface area contributed by atoms with Gasteiger partial charge >= 0.3 is 17.9 Å². The maximum Gasteiger partial charge on any atom is 0.326 e. The van der Waals surface area contributed by atoms with Crippen LogP contribution >= 0.6 is 0 Å². The van der Waals surface area contributed by atoms with Crippen LogP contribution in [0.15, 0.2) is 0 Å². The second kappa shape index (κ2) is 28.4. The van der Waals surface area contributed by atoms with Crippen molar-refractivity contribution in [3.63, 3.8) is 0 Å². The number of carboxylic acid groups (broad SMARTS) is 3. The van der Waals surface area contributed by atoms with Crippen molar-refractivity contribution in [2.75, 3.05) is 0 Å². The molecule has 0 aliphatic heterocycles. The summed E-state index contributed by atoms with van der Waals surface area (Å²) in [5, 5.41) is 55.8. The summed E-state index contributed by atoms with van der Waals surface area (Å²) in [6.07, 6.45) is -3.02. The van der Waals surface area contributed by atoms with E-state index in [1.807, 2.05) is 0 Å². The zero-order valence-corrected chi connectivity index (χ0v) is 39.0. The Hall–Kier alpha value is -5.38. The highest BCUT2D eigenvalue weighted by atomic mass is 16.4. The minimum Gasteiger partial charge on any atom is -0.481 e. The van der Waals surface area contributed by atoms with E-state index in [-0.39, 0.29) is 61.7 Å². The highest BCUT2D eigenvalue weighted by molar-refractivity contribution is 5.98. The van der Waals surface area contributed by atoms with E-state index >= 15 is 0 Å². The Labute approximate surface area is 375 Å². The molecule has 0 aromatic rings. The molecular weight excluding hydrogens is 841 g/mol. The maximum atomic E-state index is 14.0. The van der Waals surface area contributed by atoms with Crippen LogP contribution in [0.1, 0.15) is 121 Å². The largest absolute Gasteiger partial charge is 0.481 e. The highest BCUT2D eigenvalue weighted by Crippen LogP contribution is 2.14. The number of amides is 7. The third-order valence-corrected chi connectivity index (χ3v) is 9.49. The van der Waals surface area contributed by atoms with Gasteiger partial charge in [-0.05, 0) is 68.6 Å². The molecule has 0 radical (unpaired) electrons. The Morgan fingerprint density at radius 1 is 0.375 bits per heavy atom. The normalized spacial score (nSPS) is 15.7. The SMILES string of the molecule is CC(C)C[C@H](NC(=O)[C@H](CC(C)C)NC(=O)[C@H](CC(=O)O)NC(=O)[C@H](CC(C)C)NC(=O)[C@H](CC(C)C)NC(=O)[C@H](CC(C)C)NC(=O)[C@@H](NC(=O)[C@@H](N)CC(=O)O)[C@@H](C)O)C(=O)O. The Balaban J connectivity index is 6.52. The highest BCUT2D eigenvalue weighted by Gasteiger charge is 2.36. The third kappa shape index (κ3) is 23.3. The van der Waals surface area contributed by atoms with Gasteiger partial charge in [-0.3, -0.25) is 43.2 Å². The molecule has 0 aromatic heterocycles. The molecule has 0 heterocycles. The summed E-state index contributed by atoms with van der Waals surface area (Å²) in [7, 11) is 0. The van der Waals surface area contributed by atoms with Crippen molar-refractivity contribution in [2.45, 2.75) is 176 Å². The first-order valence-corrected chi connectivity index (χ1v) is 21.7. The molecule has 64 heavy (non-hydrogen) atoms. The molecule has 0 aromatic carbocycles. The van der Waals surface area contributed by atoms with Crippen LogP contribution in [0.25, 0.3) is 0 Å². The van der Waals surface area contributed by atoms with Crippen LogP contribution in [0.2, 0.25) is 0 Å². The number of carbonyl (C=O) groups excluding carboxylic acids is 7. The third-order valence-electron chi connectivity index (χ3n) is 9.49. The standard InChI is InChI=1S/C42H74N8O14/c1-19(2)12-26(45-38(59)29(15-22(7)8)48-41(62)34(24(11)51)50-35(56)25(43)17-32(52)53)36(57)44-27(13-20(3)4)37(58)47-30(18-33(54)55)40(61)46-28(14-21(5)6)39(60)49-31(42(63)64)16-23(9)10/h19-31,34,51H,12-18,43H2,1-11H3,(H,44,57)(H,45,59)(H,46,61)(H,47,58)(H,48,62)(H,49,60)(H,50,56)(H,52,53)(H,54,55)(H,63,64)/t24-,25+,26+,27+,28+,29+,30+,31+,34+/m1/s1. The van der Waals surface area contributed by atoms with E-state index < -0.39 is 127 Å². The fourth-order valence-corrected chi connectivity index (χ4v) is 6.46. The van der Waals surface area contributed by atoms with Crippen molar-refractivity contribution in [1.29, 1.82) is 0 Å². The van der Waals surface area contributed by atoms with Crippen LogP contribution in [0.4, 0.5) is 0 Å². The van der Waals surface area contributed by atoms with Gasteiger partial charge in [0.25, 0.3) is 0 Å². The average molecular weight is 915 g/mol. The van der Waals surface area contributed by atoms with Gasteiger partial charge in [-0.25, -0.2) is 4.79 Å². The number of carbonyl (C=O) groups is 10. The number of aliphatic hydroxyl groups is 1. The van der Waals surface area contributed by atoms with Gasteiger partial charge in [0, 0.05) is 0 Å². The number of aliphatic hydroxyl groups excluding tert-OH is 1. The van der Waals surface area contributed by atoms with Crippen LogP contribution in [-0.4, -0.2) is 134 Å². The van der Waals surface area contributed by atoms with Gasteiger partial charge in [0.1, 0.15) is 42.3 Å². The first-order valence-electron chi connectivity index (χ1n) is 21.7. The van der Waals surface area contributed by atoms with E-state index in [1.165, 1.54) is 6.92 Å². The molecule has 9 atom stereocenters. The summed E-state index contributed by atoms with van der Waals surface area (Å²) in [5.74, 6) is -11.6. The summed E-state index contributed by atoms with van der Waals surface area (Å²) in [6, 6.07) is -11.5. The number of carboxylic acids is 3. The van der Waals surface area contributed by atoms with E-state index in [1.54, 1.807) is 69.2 Å². The second-order valence-electron chi connectivity index (χ2n) is 18.4. The maximum absolute atomic E-state index is 14.0. The lowest BCUT2D eigenvalue weighted by Crippen LogP contribution is -2.61. The Kier molecular flexibility index (Phi) is 26.0. The lowest BCUT2D eigenvalue weighted by atomic mass is 9.98. The van der Waals surface area contributed by atoms with Crippen molar-refractivity contribution in [3.8, 4) is 0 Å². The molecule has 0 rings (SSSR count). The summed E-state index contributed by atoms with van der Waals surface area (Å²) in [5.41, 5.74) is 5.61. The number of nitrogens with two attached hydrogens (primary N) is 1. The van der Waals surface area contributed by atoms with Crippen molar-refractivity contribution in [2.24, 2.45) is 35.3 Å². The van der Waals surface area contributed by atoms with Gasteiger partial charge in [0.15, 0.2) is 0 Å². The van der Waals surface area contributed by atoms with Gasteiger partial charge in [-0.15, -0.1) is 0 Å². The molecule has 366 valence electrons. The molecule has 0 aliphatic carbocycles. The van der Waals surface area contributed by atoms with Crippen molar-refractivity contribution >= 4 is 59.3 Å². The number of aliphatic carboxylic acids is 3. The van der Waals surface area contributed by atoms with Gasteiger partial charge in [0.2, 0.25) is 41.4 Å². The second-order valence-corrected chi connectivity index (χ2v) is 18.4. The fraction of sp³-hybridized carbons (Fsp3) is 0.762. The van der Waals surface area contributed by atoms with Gasteiger partial charge < -0.3 is 63.4 Å². The predicted molar refractivity (Wildman–Crippen MR) is 233 cm³/mol. The minimum absolute atomic E-state index is 0.0132. The number of rotatable bonds is 30. The zero-order chi connectivity index (χ0) is 49.8. The smallest absolute Gasteiger partial charge is 0.326 e. The molecule has 7 amide bonds. The van der Waals surface area contributed by atoms with E-state index in [9.17, 15) is 63.3 Å². The van der Waals surface area contributed by atoms with E-state index in [0.717, 1.165) is 0 Å². The van der Waals surface area contributed by atoms with Gasteiger partial charge in [-0.1, -0.05) is 69.2 Å². The lowest BCUT2D eigenvalue weighted by molar-refractivity contribution is -0.143. The topological polar surface area (TPSA) is 362 Å². The van der Waals surface area contributed by atoms with Gasteiger partial charge in [-0.2, -0.15) is 0 Å². The van der Waals surface area contributed by atoms with Gasteiger partial charge in [0.05, 0.1) is 25.0 Å². The lowest BCUT2D eigenvalue weighted by Gasteiger charge is -2.29. The van der Waals surface area contributed by atoms with E-state index in [2.05, 4.69) is 37.2 Å². The van der Waals surface area contributed by atoms with Crippen LogP contribution < -0.4 is 43.0 Å². The molecule has 0 unspecified atom stereocenters. The molecule has 0 fully saturated rings. The quantitative estimate of drug-likeness (QED) is 0.0426. The molecule has 0 spiro atoms. The van der Waals surface area contributed by atoms with Crippen LogP contribution in [0, 0.1) is 29.6 Å². The first-order chi connectivity index (χ1) is 29.4. The summed E-state index contributed by atoms with van der Waals surface area (Å²) >= 11 is 0. The fourth-order valence-electron chi connectivity index (χ4n) is 6.46.